The van der Waals surface area contributed by atoms with Gasteiger partial charge in [-0.15, -0.1) is 0 Å². The second-order valence-electron chi connectivity index (χ2n) is 5.36. The SMILES string of the molecule is O=c1cc[15n]([C@@H]2O[C@H](COP(=O)([O-])OP(=O)([O-])OP(=O)([O-])[O-])[C@H](O)C2O)c(=O)[15nH]1.[NH4+].[NH4+].[NH4+].[NH4+]. The van der Waals surface area contributed by atoms with E-state index in [1.54, 1.807) is 0 Å². The number of phosphoric acid groups is 3. The van der Waals surface area contributed by atoms with Gasteiger partial charge >= 0.3 is 5.69 Å². The van der Waals surface area contributed by atoms with Gasteiger partial charge in [0.15, 0.2) is 6.23 Å². The largest absolute Gasteiger partial charge is 0.790 e. The smallest absolute Gasteiger partial charge is 0.330 e. The van der Waals surface area contributed by atoms with E-state index in [-0.39, 0.29) is 24.6 Å². The van der Waals surface area contributed by atoms with Crippen LogP contribution in [0.2, 0.25) is 0 Å². The van der Waals surface area contributed by atoms with Crippen molar-refractivity contribution in [2.45, 2.75) is 24.5 Å². The van der Waals surface area contributed by atoms with Gasteiger partial charge in [-0.05, 0) is 0 Å². The molecule has 1 aromatic rings. The van der Waals surface area contributed by atoms with Gasteiger partial charge in [0.25, 0.3) is 21.2 Å². The number of ether oxygens (including phenoxy) is 1. The fraction of sp³-hybridized carbons (Fsp3) is 0.556. The molecule has 0 spiro atoms. The molecule has 1 fully saturated rings. The molecule has 0 bridgehead atoms. The van der Waals surface area contributed by atoms with Gasteiger partial charge in [0.1, 0.15) is 18.3 Å². The summed E-state index contributed by atoms with van der Waals surface area (Å²) in [6.07, 6.45) is -5.98. The summed E-state index contributed by atoms with van der Waals surface area (Å²) in [6, 6.07) is 0.893. The first-order valence-electron chi connectivity index (χ1n) is 7.15. The predicted octanol–water partition coefficient (Wildman–Crippen LogP) is -3.52. The molecular weight excluding hydrogens is 527 g/mol. The fourth-order valence-electron chi connectivity index (χ4n) is 2.17. The maximum atomic E-state index is 11.7. The van der Waals surface area contributed by atoms with Crippen molar-refractivity contribution in [1.29, 1.82) is 0 Å². The molecule has 1 saturated heterocycles. The summed E-state index contributed by atoms with van der Waals surface area (Å²) in [6.45, 7) is -1.17. The van der Waals surface area contributed by atoms with E-state index in [1.807, 2.05) is 4.98 Å². The first-order chi connectivity index (χ1) is 13.1. The van der Waals surface area contributed by atoms with Gasteiger partial charge in [0, 0.05) is 12.3 Å². The number of quaternary nitrogens is 4. The number of nitrogens with zero attached hydrogens (tertiary/aromatic N) is 1. The maximum absolute atomic E-state index is 11.7. The molecule has 6 atom stereocenters. The van der Waals surface area contributed by atoms with E-state index in [0.717, 1.165) is 12.3 Å². The molecule has 0 amide bonds. The highest BCUT2D eigenvalue weighted by Gasteiger charge is 2.44. The summed E-state index contributed by atoms with van der Waals surface area (Å²) in [5.74, 6) is 0. The average Bonchev–Trinajstić information content (AvgIpc) is 2.78. The number of aliphatic hydroxyl groups excluding tert-OH is 2. The lowest BCUT2D eigenvalue weighted by Gasteiger charge is -2.37. The van der Waals surface area contributed by atoms with E-state index in [2.05, 4.69) is 13.1 Å². The van der Waals surface area contributed by atoms with Crippen LogP contribution in [0.1, 0.15) is 6.23 Å². The minimum absolute atomic E-state index is 0. The van der Waals surface area contributed by atoms with E-state index in [0.29, 0.717) is 4.57 Å². The third kappa shape index (κ3) is 10.3. The Bertz CT molecular complexity index is 1010. The lowest BCUT2D eigenvalue weighted by molar-refractivity contribution is -0.339. The van der Waals surface area contributed by atoms with Crippen molar-refractivity contribution in [3.63, 3.8) is 0 Å². The molecule has 1 aromatic heterocycles. The third-order valence-electron chi connectivity index (χ3n) is 3.26. The number of hydrogen-bond donors (Lipinski definition) is 7. The second kappa shape index (κ2) is 13.0. The van der Waals surface area contributed by atoms with E-state index in [4.69, 9.17) is 4.74 Å². The standard InChI is InChI=1S/C9H15N2O15P3.4H3N/c12-5-1-2-11(9(15)10-5)8-7(14)6(13)4(24-8)3-23-28(19,20)26-29(21,22)25-27(16,17)18;;;;/h1-2,4,6-8,13-14H,3H2,(H,19,20)(H,21,22)(H,10,12,15)(H2,16,17,18);4*1H3/t4-,6+,7?,8-;;;;/m1..../s1/i10+1,11+1;;;;. The Morgan fingerprint density at radius 2 is 1.52 bits per heavy atom. The molecule has 1 aliphatic rings. The first-order valence-corrected chi connectivity index (χ1v) is 11.5. The Balaban J connectivity index is -0.00000225. The predicted molar refractivity (Wildman–Crippen MR) is 102 cm³/mol. The lowest BCUT2D eigenvalue weighted by atomic mass is 10.1. The number of aliphatic hydroxyl groups is 2. The molecule has 2 rings (SSSR count). The highest BCUT2D eigenvalue weighted by Crippen LogP contribution is 2.60. The fourth-order valence-corrected chi connectivity index (χ4v) is 5.04. The number of phosphoric ester groups is 1. The van der Waals surface area contributed by atoms with Crippen LogP contribution in [0, 0.1) is 0 Å². The van der Waals surface area contributed by atoms with Crippen LogP contribution < -0.4 is 55.4 Å². The van der Waals surface area contributed by atoms with Crippen molar-refractivity contribution in [3.05, 3.63) is 33.1 Å². The Morgan fingerprint density at radius 1 is 0.970 bits per heavy atom. The van der Waals surface area contributed by atoms with E-state index in [1.165, 1.54) is 0 Å². The molecule has 1 aliphatic heterocycles. The summed E-state index contributed by atoms with van der Waals surface area (Å²) in [5.41, 5.74) is -1.80. The molecule has 33 heavy (non-hydrogen) atoms. The van der Waals surface area contributed by atoms with Crippen LogP contribution in [0.4, 0.5) is 0 Å². The van der Waals surface area contributed by atoms with Crippen molar-refractivity contribution in [1.82, 2.24) is 34.2 Å². The zero-order valence-electron chi connectivity index (χ0n) is 17.7. The topological polar surface area (TPSA) is 422 Å². The van der Waals surface area contributed by atoms with Crippen LogP contribution in [0.25, 0.3) is 0 Å². The van der Waals surface area contributed by atoms with Crippen molar-refractivity contribution >= 4 is 23.5 Å². The molecule has 24 heteroatoms. The molecule has 198 valence electrons. The summed E-state index contributed by atoms with van der Waals surface area (Å²) in [4.78, 5) is 67.6. The van der Waals surface area contributed by atoms with Gasteiger partial charge in [-0.25, -0.2) is 9.11 Å². The molecule has 19 N–H and O–H groups in total. The van der Waals surface area contributed by atoms with Crippen molar-refractivity contribution in [2.75, 3.05) is 6.61 Å². The quantitative estimate of drug-likeness (QED) is 0.153. The van der Waals surface area contributed by atoms with Gasteiger partial charge < -0.3 is 68.2 Å². The number of aromatic amines is 1. The summed E-state index contributed by atoms with van der Waals surface area (Å²) >= 11 is 0. The highest BCUT2D eigenvalue weighted by atomic mass is 31.3. The number of hydrogen-bond acceptors (Lipinski definition) is 15. The third-order valence-corrected chi connectivity index (χ3v) is 6.92. The zero-order chi connectivity index (χ0) is 22.2. The van der Waals surface area contributed by atoms with E-state index >= 15 is 0 Å². The molecule has 2 heterocycles. The molecule has 0 aliphatic carbocycles. The number of rotatable bonds is 8. The summed E-state index contributed by atoms with van der Waals surface area (Å²) in [5, 5.41) is 19.8. The number of aromatic nitrogens is 2. The molecule has 0 saturated carbocycles. The van der Waals surface area contributed by atoms with Crippen LogP contribution in [0.15, 0.2) is 21.9 Å². The number of H-pyrrole nitrogens is 1. The minimum Gasteiger partial charge on any atom is -0.790 e. The highest BCUT2D eigenvalue weighted by molar-refractivity contribution is 7.64. The van der Waals surface area contributed by atoms with Gasteiger partial charge in [0.05, 0.1) is 14.4 Å². The van der Waals surface area contributed by atoms with Crippen molar-refractivity contribution in [2.24, 2.45) is 0 Å². The number of nitrogens with one attached hydrogen (secondary N) is 1. The summed E-state index contributed by atoms with van der Waals surface area (Å²) < 4.78 is 48.9. The Kier molecular flexibility index (Phi) is 14.4. The first kappa shape index (κ1) is 36.4. The normalized spacial score (nSPS) is 25.8. The summed E-state index contributed by atoms with van der Waals surface area (Å²) in [7, 11) is -18.2. The van der Waals surface area contributed by atoms with Crippen LogP contribution in [-0.2, 0) is 31.6 Å². The Hall–Kier alpha value is -1.19. The zero-order valence-corrected chi connectivity index (χ0v) is 20.3. The van der Waals surface area contributed by atoms with Crippen LogP contribution >= 0.6 is 23.5 Å². The van der Waals surface area contributed by atoms with E-state index in [9.17, 15) is 53.1 Å². The van der Waals surface area contributed by atoms with Crippen LogP contribution in [0.5, 0.6) is 0 Å². The Morgan fingerprint density at radius 3 is 2.00 bits per heavy atom. The maximum Gasteiger partial charge on any atom is 0.330 e. The molecule has 0 radical (unpaired) electrons. The molecular formula is C9H27N6O15P3. The van der Waals surface area contributed by atoms with Crippen molar-refractivity contribution < 1.29 is 61.4 Å². The molecule has 3 unspecified atom stereocenters. The monoisotopic (exact) mass is 554 g/mol. The second-order valence-corrected chi connectivity index (χ2v) is 9.61. The van der Waals surface area contributed by atoms with E-state index < -0.39 is 65.9 Å². The minimum atomic E-state index is -6.17. The van der Waals surface area contributed by atoms with Gasteiger partial charge in [-0.3, -0.25) is 27.8 Å². The Labute approximate surface area is 184 Å². The van der Waals surface area contributed by atoms with Crippen LogP contribution in [-0.4, -0.2) is 44.7 Å². The lowest BCUT2D eigenvalue weighted by Crippen LogP contribution is -2.37. The van der Waals surface area contributed by atoms with Gasteiger partial charge in [-0.1, -0.05) is 0 Å². The van der Waals surface area contributed by atoms with Crippen LogP contribution in [0.3, 0.4) is 0 Å². The van der Waals surface area contributed by atoms with Gasteiger partial charge in [0.2, 0.25) is 0 Å². The van der Waals surface area contributed by atoms with Gasteiger partial charge in [-0.2, -0.15) is 0 Å². The molecule has 21 nitrogen and oxygen atoms in total. The van der Waals surface area contributed by atoms with Crippen molar-refractivity contribution in [3.8, 4) is 0 Å². The molecule has 0 aromatic carbocycles. The average molecular weight is 554 g/mol.